The van der Waals surface area contributed by atoms with Gasteiger partial charge in [-0.15, -0.1) is 0 Å². The Morgan fingerprint density at radius 3 is 1.03 bits per heavy atom. The summed E-state index contributed by atoms with van der Waals surface area (Å²) in [6, 6.07) is 0. The normalized spacial score (nSPS) is 10.8. The maximum absolute atomic E-state index is 10.2. The molecule has 8 nitrogen and oxygen atoms in total. The minimum atomic E-state index is -4.55. The van der Waals surface area contributed by atoms with Crippen molar-refractivity contribution in [2.75, 3.05) is 13.2 Å². The first kappa shape index (κ1) is 39.4. The molecule has 0 heterocycles. The van der Waals surface area contributed by atoms with Gasteiger partial charge in [-0.25, -0.2) is 16.8 Å². The van der Waals surface area contributed by atoms with Crippen molar-refractivity contribution in [3.8, 4) is 23.7 Å². The zero-order chi connectivity index (χ0) is 24.0. The number of rotatable bonds is 20. The number of hydrogen-bond donors (Lipinski definition) is 0. The third-order valence-electron chi connectivity index (χ3n) is 4.59. The Balaban J connectivity index is -0.00000480. The summed E-state index contributed by atoms with van der Waals surface area (Å²) < 4.78 is 69.8. The molecule has 0 saturated carbocycles. The van der Waals surface area contributed by atoms with E-state index in [2.05, 4.69) is 32.0 Å². The van der Waals surface area contributed by atoms with Crippen LogP contribution in [0, 0.1) is 23.7 Å². The molecular formula is C22H36Na2O8S2. The molecule has 0 spiro atoms. The molecule has 186 valence electrons. The predicted molar refractivity (Wildman–Crippen MR) is 121 cm³/mol. The molecule has 0 bridgehead atoms. The zero-order valence-corrected chi connectivity index (χ0v) is 26.4. The van der Waals surface area contributed by atoms with Crippen LogP contribution in [0.1, 0.15) is 103 Å². The third-order valence-corrected chi connectivity index (χ3v) is 5.50. The first-order valence-electron chi connectivity index (χ1n) is 11.4. The van der Waals surface area contributed by atoms with E-state index in [1.807, 2.05) is 0 Å². The van der Waals surface area contributed by atoms with Gasteiger partial charge in [-0.3, -0.25) is 8.37 Å². The molecule has 0 aromatic heterocycles. The Kier molecular flexibility index (Phi) is 31.2. The van der Waals surface area contributed by atoms with Gasteiger partial charge >= 0.3 is 59.1 Å². The van der Waals surface area contributed by atoms with Crippen LogP contribution in [0.3, 0.4) is 0 Å². The molecule has 0 rings (SSSR count). The molecule has 12 heteroatoms. The molecule has 0 aliphatic rings. The topological polar surface area (TPSA) is 133 Å². The van der Waals surface area contributed by atoms with Crippen LogP contribution in [0.25, 0.3) is 0 Å². The number of unbranched alkanes of at least 4 members (excludes halogenated alkanes) is 14. The Morgan fingerprint density at radius 1 is 0.471 bits per heavy atom. The summed E-state index contributed by atoms with van der Waals surface area (Å²) in [5, 5.41) is 0. The largest absolute Gasteiger partial charge is 1.00 e. The molecule has 0 aromatic carbocycles. The fourth-order valence-corrected chi connectivity index (χ4v) is 3.58. The van der Waals surface area contributed by atoms with Crippen LogP contribution < -0.4 is 59.1 Å². The van der Waals surface area contributed by atoms with E-state index in [1.54, 1.807) is 0 Å². The second-order valence-corrected chi connectivity index (χ2v) is 9.62. The molecule has 0 unspecified atom stereocenters. The van der Waals surface area contributed by atoms with Gasteiger partial charge in [-0.1, -0.05) is 76.0 Å². The minimum absolute atomic E-state index is 0. The van der Waals surface area contributed by atoms with Crippen LogP contribution in [-0.4, -0.2) is 39.2 Å². The molecule has 0 fully saturated rings. The van der Waals surface area contributed by atoms with E-state index in [4.69, 9.17) is 0 Å². The molecule has 0 radical (unpaired) electrons. The van der Waals surface area contributed by atoms with Crippen LogP contribution in [0.4, 0.5) is 0 Å². The van der Waals surface area contributed by atoms with E-state index < -0.39 is 20.8 Å². The molecule has 0 saturated heterocycles. The van der Waals surface area contributed by atoms with Gasteiger partial charge in [0.2, 0.25) is 20.8 Å². The van der Waals surface area contributed by atoms with Gasteiger partial charge in [0.15, 0.2) is 0 Å². The minimum Gasteiger partial charge on any atom is -0.726 e. The van der Waals surface area contributed by atoms with E-state index in [9.17, 15) is 25.9 Å². The molecule has 0 aromatic rings. The second kappa shape index (κ2) is 26.9. The predicted octanol–water partition coefficient (Wildman–Crippen LogP) is -1.80. The fourth-order valence-electron chi connectivity index (χ4n) is 2.93. The zero-order valence-electron chi connectivity index (χ0n) is 20.8. The molecule has 0 amide bonds. The van der Waals surface area contributed by atoms with E-state index in [1.165, 1.54) is 0 Å². The van der Waals surface area contributed by atoms with Crippen molar-refractivity contribution in [1.82, 2.24) is 0 Å². The van der Waals surface area contributed by atoms with Gasteiger partial charge in [0.1, 0.15) is 0 Å². The summed E-state index contributed by atoms with van der Waals surface area (Å²) in [4.78, 5) is 0. The maximum atomic E-state index is 10.2. The van der Waals surface area contributed by atoms with Gasteiger partial charge in [0.25, 0.3) is 0 Å². The molecule has 0 aliphatic carbocycles. The SMILES string of the molecule is O=S(=O)([O-])OCCCCCCCCCC#CC#CCCCCCCCCCOS(=O)(=O)[O-].[Na+].[Na+]. The van der Waals surface area contributed by atoms with Gasteiger partial charge in [-0.2, -0.15) is 0 Å². The summed E-state index contributed by atoms with van der Waals surface area (Å²) >= 11 is 0. The summed E-state index contributed by atoms with van der Waals surface area (Å²) in [5.41, 5.74) is 0. The van der Waals surface area contributed by atoms with Crippen molar-refractivity contribution < 1.29 is 93.4 Å². The summed E-state index contributed by atoms with van der Waals surface area (Å²) in [7, 11) is -9.10. The Morgan fingerprint density at radius 2 is 0.735 bits per heavy atom. The van der Waals surface area contributed by atoms with Crippen molar-refractivity contribution in [1.29, 1.82) is 0 Å². The van der Waals surface area contributed by atoms with Crippen LogP contribution in [0.5, 0.6) is 0 Å². The van der Waals surface area contributed by atoms with Crippen LogP contribution in [0.15, 0.2) is 0 Å². The average Bonchev–Trinajstić information content (AvgIpc) is 2.69. The van der Waals surface area contributed by atoms with Gasteiger partial charge in [0.05, 0.1) is 13.2 Å². The first-order valence-corrected chi connectivity index (χ1v) is 14.0. The Labute approximate surface area is 251 Å². The third kappa shape index (κ3) is 37.4. The van der Waals surface area contributed by atoms with Gasteiger partial charge in [0, 0.05) is 12.8 Å². The Bertz CT molecular complexity index is 726. The van der Waals surface area contributed by atoms with E-state index in [0.29, 0.717) is 12.8 Å². The van der Waals surface area contributed by atoms with Crippen molar-refractivity contribution in [3.05, 3.63) is 0 Å². The summed E-state index contributed by atoms with van der Waals surface area (Å²) in [6.07, 6.45) is 15.3. The monoisotopic (exact) mass is 538 g/mol. The molecule has 0 aliphatic heterocycles. The van der Waals surface area contributed by atoms with E-state index in [-0.39, 0.29) is 72.3 Å². The quantitative estimate of drug-likeness (QED) is 0.0583. The van der Waals surface area contributed by atoms with Gasteiger partial charge in [-0.05, 0) is 37.5 Å². The van der Waals surface area contributed by atoms with Crippen molar-refractivity contribution in [3.63, 3.8) is 0 Å². The molecule has 0 atom stereocenters. The summed E-state index contributed by atoms with van der Waals surface area (Å²) in [5.74, 6) is 11.9. The average molecular weight is 539 g/mol. The van der Waals surface area contributed by atoms with Crippen molar-refractivity contribution in [2.45, 2.75) is 103 Å². The summed E-state index contributed by atoms with van der Waals surface area (Å²) in [6.45, 7) is -0.0535. The van der Waals surface area contributed by atoms with Crippen molar-refractivity contribution in [2.24, 2.45) is 0 Å². The number of hydrogen-bond acceptors (Lipinski definition) is 8. The Hall–Kier alpha value is 0.860. The fraction of sp³-hybridized carbons (Fsp3) is 0.818. The van der Waals surface area contributed by atoms with Crippen LogP contribution >= 0.6 is 0 Å². The van der Waals surface area contributed by atoms with Crippen LogP contribution in [0.2, 0.25) is 0 Å². The first-order chi connectivity index (χ1) is 15.2. The standard InChI is InChI=1S/C22H38O8S2.2Na/c23-31(24,25)29-21-19-17-15-13-11-9-7-5-3-1-2-4-6-8-10-12-14-16-18-20-22-30-32(26,27)28;;/h5-22H2,(H,23,24,25)(H,26,27,28);;/q;2*+1/p-2. The molecular weight excluding hydrogens is 502 g/mol. The molecule has 0 N–H and O–H groups in total. The van der Waals surface area contributed by atoms with Crippen LogP contribution in [-0.2, 0) is 29.2 Å². The smallest absolute Gasteiger partial charge is 0.726 e. The van der Waals surface area contributed by atoms with E-state index >= 15 is 0 Å². The van der Waals surface area contributed by atoms with Crippen molar-refractivity contribution >= 4 is 20.8 Å². The van der Waals surface area contributed by atoms with Gasteiger partial charge < -0.3 is 9.11 Å². The maximum Gasteiger partial charge on any atom is 1.00 e. The molecule has 34 heavy (non-hydrogen) atoms. The van der Waals surface area contributed by atoms with E-state index in [0.717, 1.165) is 89.9 Å². The second-order valence-electron chi connectivity index (χ2n) is 7.51.